The summed E-state index contributed by atoms with van der Waals surface area (Å²) in [5, 5.41) is 10.3. The molecule has 106 valence electrons. The number of nitrogens with zero attached hydrogens (tertiary/aromatic N) is 1. The molecule has 3 heteroatoms. The van der Waals surface area contributed by atoms with Crippen molar-refractivity contribution < 1.29 is 9.84 Å². The molecule has 2 aromatic rings. The molecule has 0 atom stereocenters. The van der Waals surface area contributed by atoms with Gasteiger partial charge in [-0.05, 0) is 55.4 Å². The zero-order valence-corrected chi connectivity index (χ0v) is 11.7. The van der Waals surface area contributed by atoms with Gasteiger partial charge in [-0.15, -0.1) is 0 Å². The molecule has 1 aromatic heterocycles. The first-order valence-electron chi connectivity index (χ1n) is 7.41. The molecule has 0 bridgehead atoms. The Hall–Kier alpha value is -1.45. The van der Waals surface area contributed by atoms with E-state index in [1.807, 2.05) is 12.3 Å². The molecule has 3 rings (SSSR count). The molecule has 3 nitrogen and oxygen atoms in total. The van der Waals surface area contributed by atoms with Gasteiger partial charge in [0.1, 0.15) is 0 Å². The van der Waals surface area contributed by atoms with E-state index in [0.717, 1.165) is 36.6 Å². The number of fused-ring (bicyclic) bond motifs is 1. The van der Waals surface area contributed by atoms with Crippen molar-refractivity contribution in [3.63, 3.8) is 0 Å². The summed E-state index contributed by atoms with van der Waals surface area (Å²) in [7, 11) is 0. The summed E-state index contributed by atoms with van der Waals surface area (Å²) in [4.78, 5) is 4.33. The van der Waals surface area contributed by atoms with Crippen LogP contribution in [0.15, 0.2) is 36.5 Å². The maximum absolute atomic E-state index is 9.14. The van der Waals surface area contributed by atoms with Gasteiger partial charge >= 0.3 is 0 Å². The number of benzene rings is 1. The normalized spacial score (nSPS) is 23.1. The highest BCUT2D eigenvalue weighted by molar-refractivity contribution is 5.78. The lowest BCUT2D eigenvalue weighted by molar-refractivity contribution is 0.00124. The highest BCUT2D eigenvalue weighted by Gasteiger charge is 2.20. The zero-order chi connectivity index (χ0) is 13.8. The average molecular weight is 271 g/mol. The van der Waals surface area contributed by atoms with Gasteiger partial charge in [0, 0.05) is 18.2 Å². The summed E-state index contributed by atoms with van der Waals surface area (Å²) in [6.45, 7) is 0.990. The molecule has 1 saturated carbocycles. The van der Waals surface area contributed by atoms with Crippen molar-refractivity contribution in [3.05, 3.63) is 42.1 Å². The number of aliphatic hydroxyl groups excluding tert-OH is 1. The predicted molar refractivity (Wildman–Crippen MR) is 79.4 cm³/mol. The lowest BCUT2D eigenvalue weighted by atomic mass is 9.88. The van der Waals surface area contributed by atoms with E-state index in [2.05, 4.69) is 29.2 Å². The smallest absolute Gasteiger partial charge is 0.0720 e. The molecule has 0 aliphatic heterocycles. The van der Waals surface area contributed by atoms with Crippen molar-refractivity contribution in [2.75, 3.05) is 6.61 Å². The van der Waals surface area contributed by atoms with Gasteiger partial charge in [0.2, 0.25) is 0 Å². The van der Waals surface area contributed by atoms with Gasteiger partial charge in [0.05, 0.1) is 18.2 Å². The number of rotatable bonds is 4. The molecule has 20 heavy (non-hydrogen) atoms. The van der Waals surface area contributed by atoms with Gasteiger partial charge < -0.3 is 9.84 Å². The molecular weight excluding hydrogens is 250 g/mol. The second-order valence-corrected chi connectivity index (χ2v) is 5.67. The Labute approximate surface area is 119 Å². The minimum Gasteiger partial charge on any atom is -0.396 e. The highest BCUT2D eigenvalue weighted by atomic mass is 16.5. The largest absolute Gasteiger partial charge is 0.396 e. The number of hydrogen-bond acceptors (Lipinski definition) is 3. The van der Waals surface area contributed by atoms with Crippen LogP contribution in [0, 0.1) is 5.92 Å². The predicted octanol–water partition coefficient (Wildman–Crippen LogP) is 3.30. The van der Waals surface area contributed by atoms with Crippen molar-refractivity contribution in [3.8, 4) is 0 Å². The van der Waals surface area contributed by atoms with Crippen LogP contribution in [0.3, 0.4) is 0 Å². The van der Waals surface area contributed by atoms with Gasteiger partial charge in [0.25, 0.3) is 0 Å². The van der Waals surface area contributed by atoms with Gasteiger partial charge in [0.15, 0.2) is 0 Å². The van der Waals surface area contributed by atoms with Crippen LogP contribution >= 0.6 is 0 Å². The summed E-state index contributed by atoms with van der Waals surface area (Å²) in [6, 6.07) is 10.3. The van der Waals surface area contributed by atoms with Gasteiger partial charge in [-0.2, -0.15) is 0 Å². The van der Waals surface area contributed by atoms with E-state index in [4.69, 9.17) is 9.84 Å². The monoisotopic (exact) mass is 271 g/mol. The molecule has 0 radical (unpaired) electrons. The first kappa shape index (κ1) is 13.5. The highest BCUT2D eigenvalue weighted by Crippen LogP contribution is 2.26. The van der Waals surface area contributed by atoms with Crippen LogP contribution in [0.4, 0.5) is 0 Å². The molecule has 1 fully saturated rings. The van der Waals surface area contributed by atoms with Crippen LogP contribution in [0.25, 0.3) is 10.9 Å². The maximum atomic E-state index is 9.14. The topological polar surface area (TPSA) is 42.4 Å². The number of ether oxygens (including phenoxy) is 1. The van der Waals surface area contributed by atoms with E-state index in [1.165, 1.54) is 5.56 Å². The third-order valence-electron chi connectivity index (χ3n) is 4.21. The Balaban J connectivity index is 1.57. The van der Waals surface area contributed by atoms with Crippen molar-refractivity contribution in [1.29, 1.82) is 0 Å². The van der Waals surface area contributed by atoms with Gasteiger partial charge in [-0.3, -0.25) is 4.98 Å². The van der Waals surface area contributed by atoms with Crippen molar-refractivity contribution in [1.82, 2.24) is 4.98 Å². The first-order chi connectivity index (χ1) is 9.85. The van der Waals surface area contributed by atoms with Crippen LogP contribution in [0.5, 0.6) is 0 Å². The lowest BCUT2D eigenvalue weighted by Crippen LogP contribution is -2.23. The van der Waals surface area contributed by atoms with Crippen molar-refractivity contribution in [2.24, 2.45) is 5.92 Å². The van der Waals surface area contributed by atoms with E-state index in [1.54, 1.807) is 0 Å². The molecule has 1 aliphatic carbocycles. The Morgan fingerprint density at radius 3 is 2.80 bits per heavy atom. The summed E-state index contributed by atoms with van der Waals surface area (Å²) in [5.41, 5.74) is 2.23. The first-order valence-corrected chi connectivity index (χ1v) is 7.41. The minimum atomic E-state index is 0.324. The quantitative estimate of drug-likeness (QED) is 0.927. The molecule has 1 aromatic carbocycles. The molecule has 0 saturated heterocycles. The standard InChI is InChI=1S/C17H21NO2/c19-11-13-3-6-16(7-4-13)20-12-14-5-8-17-15(10-14)2-1-9-18-17/h1-2,5,8-10,13,16,19H,3-4,6-7,11-12H2. The van der Waals surface area contributed by atoms with Crippen LogP contribution in [-0.4, -0.2) is 22.8 Å². The number of aliphatic hydroxyl groups is 1. The maximum Gasteiger partial charge on any atom is 0.0720 e. The van der Waals surface area contributed by atoms with Crippen LogP contribution in [-0.2, 0) is 11.3 Å². The number of aromatic nitrogens is 1. The summed E-state index contributed by atoms with van der Waals surface area (Å²) >= 11 is 0. The van der Waals surface area contributed by atoms with E-state index < -0.39 is 0 Å². The zero-order valence-electron chi connectivity index (χ0n) is 11.7. The van der Waals surface area contributed by atoms with Crippen LogP contribution < -0.4 is 0 Å². The van der Waals surface area contributed by atoms with Gasteiger partial charge in [-0.1, -0.05) is 12.1 Å². The average Bonchev–Trinajstić information content (AvgIpc) is 2.53. The van der Waals surface area contributed by atoms with Crippen molar-refractivity contribution in [2.45, 2.75) is 38.4 Å². The Kier molecular flexibility index (Phi) is 4.28. The summed E-state index contributed by atoms with van der Waals surface area (Å²) in [5.74, 6) is 0.488. The fourth-order valence-electron chi connectivity index (χ4n) is 2.91. The molecular formula is C17H21NO2. The van der Waals surface area contributed by atoms with Crippen molar-refractivity contribution >= 4 is 10.9 Å². The SMILES string of the molecule is OCC1CCC(OCc2ccc3ncccc3c2)CC1. The molecule has 0 amide bonds. The lowest BCUT2D eigenvalue weighted by Gasteiger charge is -2.27. The Morgan fingerprint density at radius 1 is 1.15 bits per heavy atom. The fraction of sp³-hybridized carbons (Fsp3) is 0.471. The summed E-state index contributed by atoms with van der Waals surface area (Å²) < 4.78 is 6.01. The molecule has 0 unspecified atom stereocenters. The fourth-order valence-corrected chi connectivity index (χ4v) is 2.91. The molecule has 1 aliphatic rings. The molecule has 1 N–H and O–H groups in total. The number of pyridine rings is 1. The third-order valence-corrected chi connectivity index (χ3v) is 4.21. The van der Waals surface area contributed by atoms with E-state index >= 15 is 0 Å². The van der Waals surface area contributed by atoms with Crippen LogP contribution in [0.2, 0.25) is 0 Å². The molecule has 0 spiro atoms. The van der Waals surface area contributed by atoms with E-state index in [-0.39, 0.29) is 0 Å². The Bertz CT molecular complexity index is 562. The third kappa shape index (κ3) is 3.17. The second kappa shape index (κ2) is 6.33. The van der Waals surface area contributed by atoms with E-state index in [9.17, 15) is 0 Å². The summed E-state index contributed by atoms with van der Waals surface area (Å²) in [6.07, 6.45) is 6.48. The number of hydrogen-bond donors (Lipinski definition) is 1. The molecule has 1 heterocycles. The second-order valence-electron chi connectivity index (χ2n) is 5.67. The van der Waals surface area contributed by atoms with Gasteiger partial charge in [-0.25, -0.2) is 0 Å². The van der Waals surface area contributed by atoms with Crippen LogP contribution in [0.1, 0.15) is 31.2 Å². The Morgan fingerprint density at radius 2 is 2.00 bits per heavy atom. The van der Waals surface area contributed by atoms with E-state index in [0.29, 0.717) is 25.2 Å². The minimum absolute atomic E-state index is 0.324.